The first-order chi connectivity index (χ1) is 10.1. The third-order valence-corrected chi connectivity index (χ3v) is 3.56. The van der Waals surface area contributed by atoms with Crippen LogP contribution in [0.2, 0.25) is 0 Å². The second-order valence-electron chi connectivity index (χ2n) is 4.61. The van der Waals surface area contributed by atoms with Gasteiger partial charge in [-0.2, -0.15) is 10.1 Å². The molecule has 3 N–H and O–H groups in total. The number of nitrogens with two attached hydrogens (primary N) is 1. The van der Waals surface area contributed by atoms with Crippen LogP contribution < -0.4 is 11.1 Å². The number of hydrogen-bond donors (Lipinski definition) is 2. The molecule has 3 heterocycles. The minimum atomic E-state index is 0.247. The third-order valence-electron chi connectivity index (χ3n) is 2.83. The molecule has 0 aliphatic rings. The van der Waals surface area contributed by atoms with Crippen molar-refractivity contribution in [2.24, 2.45) is 0 Å². The fourth-order valence-corrected chi connectivity index (χ4v) is 2.57. The van der Waals surface area contributed by atoms with E-state index in [2.05, 4.69) is 25.4 Å². The lowest BCUT2D eigenvalue weighted by molar-refractivity contribution is 0.779. The van der Waals surface area contributed by atoms with Crippen molar-refractivity contribution < 1.29 is 0 Å². The molecule has 0 saturated carbocycles. The Balaban J connectivity index is 1.91. The summed E-state index contributed by atoms with van der Waals surface area (Å²) < 4.78 is 1.78. The van der Waals surface area contributed by atoms with Crippen molar-refractivity contribution in [3.05, 3.63) is 40.8 Å². The van der Waals surface area contributed by atoms with Crippen LogP contribution in [0.25, 0.3) is 5.82 Å². The predicted octanol–water partition coefficient (Wildman–Crippen LogP) is 1.93. The van der Waals surface area contributed by atoms with Gasteiger partial charge in [-0.15, -0.1) is 11.3 Å². The van der Waals surface area contributed by atoms with Gasteiger partial charge in [-0.05, 0) is 19.9 Å². The largest absolute Gasteiger partial charge is 0.368 e. The highest BCUT2D eigenvalue weighted by molar-refractivity contribution is 7.13. The number of anilines is 2. The molecule has 3 aromatic heterocycles. The molecule has 108 valence electrons. The van der Waals surface area contributed by atoms with E-state index in [4.69, 9.17) is 5.73 Å². The van der Waals surface area contributed by atoms with Crippen LogP contribution in [0, 0.1) is 13.8 Å². The van der Waals surface area contributed by atoms with Crippen LogP contribution in [0.5, 0.6) is 0 Å². The molecule has 0 aromatic carbocycles. The van der Waals surface area contributed by atoms with E-state index in [-0.39, 0.29) is 5.95 Å². The van der Waals surface area contributed by atoms with Crippen LogP contribution in [-0.4, -0.2) is 24.7 Å². The van der Waals surface area contributed by atoms with Gasteiger partial charge in [0.15, 0.2) is 10.9 Å². The Bertz CT molecular complexity index is 728. The predicted molar refractivity (Wildman–Crippen MR) is 82.5 cm³/mol. The summed E-state index contributed by atoms with van der Waals surface area (Å²) in [5.74, 6) is 0.918. The Morgan fingerprint density at radius 2 is 2.10 bits per heavy atom. The molecule has 0 unspecified atom stereocenters. The van der Waals surface area contributed by atoms with E-state index in [0.717, 1.165) is 22.2 Å². The lowest BCUT2D eigenvalue weighted by atomic mass is 10.3. The summed E-state index contributed by atoms with van der Waals surface area (Å²) in [6, 6.07) is 3.87. The molecule has 21 heavy (non-hydrogen) atoms. The molecular weight excluding hydrogens is 286 g/mol. The Labute approximate surface area is 125 Å². The molecule has 0 atom stereocenters. The maximum Gasteiger partial charge on any atom is 0.222 e. The zero-order chi connectivity index (χ0) is 14.8. The second kappa shape index (κ2) is 5.49. The molecule has 0 radical (unpaired) electrons. The van der Waals surface area contributed by atoms with Gasteiger partial charge in [-0.25, -0.2) is 14.6 Å². The van der Waals surface area contributed by atoms with Crippen LogP contribution >= 0.6 is 11.3 Å². The van der Waals surface area contributed by atoms with Gasteiger partial charge in [0, 0.05) is 23.3 Å². The van der Waals surface area contributed by atoms with Gasteiger partial charge >= 0.3 is 0 Å². The number of thiazole rings is 1. The SMILES string of the molecule is Cc1cc(-n2nc(C)cc2CNc2nccs2)nc(N)n1. The Kier molecular flexibility index (Phi) is 3.53. The monoisotopic (exact) mass is 301 g/mol. The number of nitrogen functional groups attached to an aromatic ring is 1. The first-order valence-corrected chi connectivity index (χ1v) is 7.30. The minimum absolute atomic E-state index is 0.247. The lowest BCUT2D eigenvalue weighted by Gasteiger charge is -2.08. The molecular formula is C13H15N7S. The zero-order valence-corrected chi connectivity index (χ0v) is 12.6. The highest BCUT2D eigenvalue weighted by Gasteiger charge is 2.10. The van der Waals surface area contributed by atoms with Crippen LogP contribution in [0.1, 0.15) is 17.1 Å². The van der Waals surface area contributed by atoms with Crippen molar-refractivity contribution in [1.29, 1.82) is 0 Å². The van der Waals surface area contributed by atoms with E-state index >= 15 is 0 Å². The van der Waals surface area contributed by atoms with E-state index in [9.17, 15) is 0 Å². The highest BCUT2D eigenvalue weighted by atomic mass is 32.1. The Morgan fingerprint density at radius 3 is 2.81 bits per heavy atom. The maximum atomic E-state index is 5.72. The topological polar surface area (TPSA) is 94.5 Å². The van der Waals surface area contributed by atoms with E-state index in [1.165, 1.54) is 0 Å². The quantitative estimate of drug-likeness (QED) is 0.764. The van der Waals surface area contributed by atoms with Gasteiger partial charge in [0.25, 0.3) is 0 Å². The lowest BCUT2D eigenvalue weighted by Crippen LogP contribution is -2.10. The standard InChI is InChI=1S/C13H15N7S/c1-8-6-11(18-12(14)17-8)20-10(5-9(2)19-20)7-16-13-15-3-4-21-13/h3-6H,7H2,1-2H3,(H,15,16)(H2,14,17,18). The molecule has 8 heteroatoms. The maximum absolute atomic E-state index is 5.72. The normalized spacial score (nSPS) is 10.8. The molecule has 7 nitrogen and oxygen atoms in total. The van der Waals surface area contributed by atoms with Gasteiger partial charge in [-0.3, -0.25) is 0 Å². The number of hydrogen-bond acceptors (Lipinski definition) is 7. The summed E-state index contributed by atoms with van der Waals surface area (Å²) in [7, 11) is 0. The van der Waals surface area contributed by atoms with Crippen molar-refractivity contribution in [3.8, 4) is 5.82 Å². The van der Waals surface area contributed by atoms with Crippen LogP contribution in [0.15, 0.2) is 23.7 Å². The average molecular weight is 301 g/mol. The van der Waals surface area contributed by atoms with Crippen molar-refractivity contribution in [1.82, 2.24) is 24.7 Å². The number of aromatic nitrogens is 5. The van der Waals surface area contributed by atoms with Crippen LogP contribution in [-0.2, 0) is 6.54 Å². The third kappa shape index (κ3) is 3.00. The highest BCUT2D eigenvalue weighted by Crippen LogP contribution is 2.16. The van der Waals surface area contributed by atoms with Gasteiger partial charge in [-0.1, -0.05) is 0 Å². The summed E-state index contributed by atoms with van der Waals surface area (Å²) in [4.78, 5) is 12.5. The number of nitrogens with zero attached hydrogens (tertiary/aromatic N) is 5. The van der Waals surface area contributed by atoms with Crippen molar-refractivity contribution >= 4 is 22.4 Å². The molecule has 0 amide bonds. The van der Waals surface area contributed by atoms with Crippen LogP contribution in [0.3, 0.4) is 0 Å². The van der Waals surface area contributed by atoms with Gasteiger partial charge in [0.05, 0.1) is 17.9 Å². The van der Waals surface area contributed by atoms with Crippen molar-refractivity contribution in [2.75, 3.05) is 11.1 Å². The van der Waals surface area contributed by atoms with Crippen molar-refractivity contribution in [2.45, 2.75) is 20.4 Å². The van der Waals surface area contributed by atoms with Gasteiger partial charge in [0.1, 0.15) is 0 Å². The average Bonchev–Trinajstić information content (AvgIpc) is 3.04. The first kappa shape index (κ1) is 13.5. The van der Waals surface area contributed by atoms with E-state index < -0.39 is 0 Å². The van der Waals surface area contributed by atoms with E-state index in [0.29, 0.717) is 12.4 Å². The first-order valence-electron chi connectivity index (χ1n) is 6.42. The Hall–Kier alpha value is -2.48. The molecule has 0 bridgehead atoms. The molecule has 0 spiro atoms. The molecule has 0 saturated heterocycles. The number of rotatable bonds is 4. The molecule has 0 aliphatic heterocycles. The molecule has 3 aromatic rings. The second-order valence-corrected chi connectivity index (χ2v) is 5.50. The zero-order valence-electron chi connectivity index (χ0n) is 11.7. The summed E-state index contributed by atoms with van der Waals surface area (Å²) >= 11 is 1.56. The van der Waals surface area contributed by atoms with Crippen LogP contribution in [0.4, 0.5) is 11.1 Å². The summed E-state index contributed by atoms with van der Waals surface area (Å²) in [5, 5.41) is 10.5. The van der Waals surface area contributed by atoms with Crippen molar-refractivity contribution in [3.63, 3.8) is 0 Å². The minimum Gasteiger partial charge on any atom is -0.368 e. The van der Waals surface area contributed by atoms with Gasteiger partial charge in [0.2, 0.25) is 5.95 Å². The smallest absolute Gasteiger partial charge is 0.222 e. The van der Waals surface area contributed by atoms with E-state index in [1.807, 2.05) is 31.4 Å². The fraction of sp³-hybridized carbons (Fsp3) is 0.231. The molecule has 0 aliphatic carbocycles. The fourth-order valence-electron chi connectivity index (χ4n) is 2.04. The van der Waals surface area contributed by atoms with E-state index in [1.54, 1.807) is 22.2 Å². The summed E-state index contributed by atoms with van der Waals surface area (Å²) in [5.41, 5.74) is 8.43. The van der Waals surface area contributed by atoms with Gasteiger partial charge < -0.3 is 11.1 Å². The Morgan fingerprint density at radius 1 is 1.24 bits per heavy atom. The molecule has 0 fully saturated rings. The molecule has 3 rings (SSSR count). The summed E-state index contributed by atoms with van der Waals surface area (Å²) in [6.07, 6.45) is 1.77. The summed E-state index contributed by atoms with van der Waals surface area (Å²) in [6.45, 7) is 4.43. The number of aryl methyl sites for hydroxylation is 2. The number of nitrogens with one attached hydrogen (secondary N) is 1.